The van der Waals surface area contributed by atoms with Crippen molar-refractivity contribution in [3.8, 4) is 0 Å². The van der Waals surface area contributed by atoms with Gasteiger partial charge in [-0.15, -0.1) is 0 Å². The van der Waals surface area contributed by atoms with E-state index in [0.29, 0.717) is 0 Å². The Balaban J connectivity index is 3.11. The molecule has 1 nitrogen and oxygen atoms in total. The summed E-state index contributed by atoms with van der Waals surface area (Å²) in [6, 6.07) is 0. The molecule has 0 amide bonds. The fourth-order valence-corrected chi connectivity index (χ4v) is 0. The summed E-state index contributed by atoms with van der Waals surface area (Å²) in [5.41, 5.74) is 0. The molecule has 0 saturated heterocycles. The molecule has 0 aliphatic carbocycles. The molecule has 0 aromatic rings. The molecule has 0 fully saturated rings. The van der Waals surface area contributed by atoms with Crippen molar-refractivity contribution in [3.05, 3.63) is 0 Å². The van der Waals surface area contributed by atoms with Crippen LogP contribution in [0.2, 0.25) is 0 Å². The summed E-state index contributed by atoms with van der Waals surface area (Å²) in [7, 11) is 0. The van der Waals surface area contributed by atoms with Crippen LogP contribution < -0.4 is 0 Å². The van der Waals surface area contributed by atoms with E-state index < -0.39 is 16.6 Å². The van der Waals surface area contributed by atoms with Crippen LogP contribution in [-0.2, 0) is 20.2 Å². The number of rotatable bonds is 0. The van der Waals surface area contributed by atoms with E-state index in [2.05, 4.69) is 0 Å². The van der Waals surface area contributed by atoms with Crippen molar-refractivity contribution in [1.82, 2.24) is 0 Å². The Morgan fingerprint density at radius 2 is 2.25 bits per heavy atom. The maximum absolute atomic E-state index is 9.43. The molecule has 2 heteroatoms. The van der Waals surface area contributed by atoms with Crippen molar-refractivity contribution in [2.75, 3.05) is 0 Å². The van der Waals surface area contributed by atoms with Gasteiger partial charge in [-0.05, 0) is 0 Å². The first-order valence-electron chi connectivity index (χ1n) is 1.27. The Labute approximate surface area is 32.4 Å². The molecule has 0 aliphatic rings. The van der Waals surface area contributed by atoms with Crippen molar-refractivity contribution in [2.24, 2.45) is 0 Å². The topological polar surface area (TPSA) is 17.1 Å². The summed E-state index contributed by atoms with van der Waals surface area (Å²) in [6.45, 7) is 1.83. The van der Waals surface area contributed by atoms with Crippen LogP contribution in [0.4, 0.5) is 0 Å². The summed E-state index contributed by atoms with van der Waals surface area (Å²) >= 11 is -1.26. The second-order valence-corrected chi connectivity index (χ2v) is 2.99. The molecule has 0 aliphatic heterocycles. The molecule has 0 rings (SSSR count). The minimum absolute atomic E-state index is 1.26. The van der Waals surface area contributed by atoms with E-state index in [-0.39, 0.29) is 0 Å². The van der Waals surface area contributed by atoms with E-state index in [1.807, 2.05) is 6.92 Å². The minimum atomic E-state index is -1.26. The molecule has 0 atom stereocenters. The summed E-state index contributed by atoms with van der Waals surface area (Å²) in [6.07, 6.45) is 0. The summed E-state index contributed by atoms with van der Waals surface area (Å²) in [4.78, 5) is 0. The van der Waals surface area contributed by atoms with Crippen LogP contribution in [-0.4, -0.2) is 4.61 Å². The van der Waals surface area contributed by atoms with Crippen molar-refractivity contribution in [2.45, 2.75) is 6.92 Å². The van der Waals surface area contributed by atoms with Crippen LogP contribution >= 0.6 is 0 Å². The zero-order valence-electron chi connectivity index (χ0n) is 2.69. The molecule has 0 radical (unpaired) electrons. The molecule has 20 valence electrons. The average molecular weight is 109 g/mol. The van der Waals surface area contributed by atoms with Gasteiger partial charge in [0.25, 0.3) is 0 Å². The average Bonchev–Trinajstić information content (AvgIpc) is 1.37. The molecule has 0 N–H and O–H groups in total. The first kappa shape index (κ1) is 4.29. The van der Waals surface area contributed by atoms with Gasteiger partial charge >= 0.3 is 31.7 Å². The Kier molecular flexibility index (Phi) is 3.53. The Bertz CT molecular complexity index is 44.0. The van der Waals surface area contributed by atoms with E-state index in [9.17, 15) is 3.57 Å². The molecular weight excluding hydrogens is 105 g/mol. The summed E-state index contributed by atoms with van der Waals surface area (Å²) in [5.74, 6) is 0. The van der Waals surface area contributed by atoms with Crippen LogP contribution in [0.5, 0.6) is 0 Å². The van der Waals surface area contributed by atoms with Crippen LogP contribution in [0, 0.1) is 0 Å². The molecular formula is C2H4OZn. The second-order valence-electron chi connectivity index (χ2n) is 0.575. The first-order chi connectivity index (χ1) is 1.91. The van der Waals surface area contributed by atoms with Gasteiger partial charge in [0.05, 0.1) is 0 Å². The zero-order valence-corrected chi connectivity index (χ0v) is 5.66. The Morgan fingerprint density at radius 1 is 2.00 bits per heavy atom. The molecule has 0 aromatic heterocycles. The second kappa shape index (κ2) is 3.29. The third-order valence-corrected chi connectivity index (χ3v) is 0.866. The maximum atomic E-state index is 9.43. The van der Waals surface area contributed by atoms with Crippen LogP contribution in [0.3, 0.4) is 0 Å². The van der Waals surface area contributed by atoms with Crippen LogP contribution in [0.15, 0.2) is 0 Å². The third-order valence-electron chi connectivity index (χ3n) is 0.167. The predicted octanol–water partition coefficient (Wildman–Crippen LogP) is 0.236. The number of hydrogen-bond donors (Lipinski definition) is 0. The van der Waals surface area contributed by atoms with Gasteiger partial charge in [0.1, 0.15) is 0 Å². The first-order valence-corrected chi connectivity index (χ1v) is 4.20. The van der Waals surface area contributed by atoms with E-state index >= 15 is 0 Å². The Morgan fingerprint density at radius 3 is 2.25 bits per heavy atom. The SMILES string of the molecule is C[CH]=[Zn]=[O]. The summed E-state index contributed by atoms with van der Waals surface area (Å²) in [5, 5.41) is 0. The zero-order chi connectivity index (χ0) is 3.41. The molecule has 0 aromatic carbocycles. The Hall–Kier alpha value is 0.293. The van der Waals surface area contributed by atoms with Crippen molar-refractivity contribution in [3.63, 3.8) is 0 Å². The van der Waals surface area contributed by atoms with Gasteiger partial charge in [0, 0.05) is 0 Å². The molecule has 0 unspecified atom stereocenters. The molecule has 0 spiro atoms. The fraction of sp³-hybridized carbons (Fsp3) is 0.500. The monoisotopic (exact) mass is 108 g/mol. The predicted molar refractivity (Wildman–Crippen MR) is 12.4 cm³/mol. The van der Waals surface area contributed by atoms with E-state index in [1.54, 1.807) is 4.61 Å². The van der Waals surface area contributed by atoms with Gasteiger partial charge in [0.15, 0.2) is 0 Å². The normalized spacial score (nSPS) is 7.25. The molecule has 0 heterocycles. The van der Waals surface area contributed by atoms with Gasteiger partial charge in [-0.2, -0.15) is 0 Å². The van der Waals surface area contributed by atoms with E-state index in [4.69, 9.17) is 0 Å². The number of hydrogen-bond acceptors (Lipinski definition) is 1. The van der Waals surface area contributed by atoms with Crippen molar-refractivity contribution >= 4 is 4.61 Å². The fourth-order valence-electron chi connectivity index (χ4n) is 0. The van der Waals surface area contributed by atoms with Gasteiger partial charge in [0.2, 0.25) is 0 Å². The van der Waals surface area contributed by atoms with Crippen LogP contribution in [0.25, 0.3) is 0 Å². The van der Waals surface area contributed by atoms with Gasteiger partial charge in [-0.25, -0.2) is 0 Å². The summed E-state index contributed by atoms with van der Waals surface area (Å²) < 4.78 is 11.2. The molecule has 0 bridgehead atoms. The molecule has 4 heavy (non-hydrogen) atoms. The quantitative estimate of drug-likeness (QED) is 0.407. The molecule has 0 saturated carbocycles. The van der Waals surface area contributed by atoms with Gasteiger partial charge in [-0.3, -0.25) is 0 Å². The van der Waals surface area contributed by atoms with E-state index in [0.717, 1.165) is 0 Å². The van der Waals surface area contributed by atoms with Crippen LogP contribution in [0.1, 0.15) is 6.92 Å². The van der Waals surface area contributed by atoms with E-state index in [1.165, 1.54) is 0 Å². The van der Waals surface area contributed by atoms with Crippen molar-refractivity contribution in [1.29, 1.82) is 0 Å². The third kappa shape index (κ3) is 2.29. The van der Waals surface area contributed by atoms with Crippen molar-refractivity contribution < 1.29 is 20.2 Å². The standard InChI is InChI=1S/C2H4.O.Zn/c1-2;;/h1H,2H3;;. The van der Waals surface area contributed by atoms with Gasteiger partial charge in [-0.1, -0.05) is 0 Å². The van der Waals surface area contributed by atoms with Gasteiger partial charge < -0.3 is 0 Å².